The summed E-state index contributed by atoms with van der Waals surface area (Å²) in [5, 5.41) is 7.45. The minimum absolute atomic E-state index is 0.0801. The molecule has 0 aliphatic heterocycles. The molecule has 156 valence electrons. The van der Waals surface area contributed by atoms with Crippen molar-refractivity contribution in [1.29, 1.82) is 0 Å². The van der Waals surface area contributed by atoms with Crippen molar-refractivity contribution < 1.29 is 9.53 Å². The van der Waals surface area contributed by atoms with E-state index in [2.05, 4.69) is 20.4 Å². The third kappa shape index (κ3) is 4.84. The normalized spacial score (nSPS) is 14.1. The van der Waals surface area contributed by atoms with E-state index in [0.717, 1.165) is 29.9 Å². The number of aromatic nitrogens is 4. The van der Waals surface area contributed by atoms with Gasteiger partial charge in [-0.1, -0.05) is 12.8 Å². The Balaban J connectivity index is 1.43. The molecule has 1 aliphatic carbocycles. The second kappa shape index (κ2) is 8.65. The van der Waals surface area contributed by atoms with Gasteiger partial charge in [-0.3, -0.25) is 4.79 Å². The highest BCUT2D eigenvalue weighted by Crippen LogP contribution is 2.28. The molecule has 1 N–H and O–H groups in total. The average molecular weight is 406 g/mol. The maximum Gasteiger partial charge on any atom is 0.224 e. The summed E-state index contributed by atoms with van der Waals surface area (Å²) >= 11 is 0. The van der Waals surface area contributed by atoms with Crippen LogP contribution in [0.1, 0.15) is 49.3 Å². The third-order valence-corrected chi connectivity index (χ3v) is 5.34. The van der Waals surface area contributed by atoms with Crippen LogP contribution >= 0.6 is 0 Å². The average Bonchev–Trinajstić information content (AvgIpc) is 3.32. The Bertz CT molecular complexity index is 1040. The van der Waals surface area contributed by atoms with E-state index in [1.165, 1.54) is 12.8 Å². The largest absolute Gasteiger partial charge is 0.439 e. The highest BCUT2D eigenvalue weighted by Gasteiger charge is 2.18. The zero-order chi connectivity index (χ0) is 21.1. The van der Waals surface area contributed by atoms with Crippen molar-refractivity contribution in [3.63, 3.8) is 0 Å². The van der Waals surface area contributed by atoms with Crippen LogP contribution in [0.5, 0.6) is 11.6 Å². The monoisotopic (exact) mass is 405 g/mol. The van der Waals surface area contributed by atoms with Crippen molar-refractivity contribution in [2.75, 3.05) is 5.32 Å². The summed E-state index contributed by atoms with van der Waals surface area (Å²) in [6.45, 7) is 5.76. The van der Waals surface area contributed by atoms with Gasteiger partial charge in [-0.25, -0.2) is 9.67 Å². The van der Waals surface area contributed by atoms with Gasteiger partial charge in [-0.15, -0.1) is 0 Å². The Hall–Kier alpha value is -3.22. The lowest BCUT2D eigenvalue weighted by molar-refractivity contribution is -0.117. The molecule has 1 fully saturated rings. The van der Waals surface area contributed by atoms with E-state index in [1.54, 1.807) is 10.7 Å². The highest BCUT2D eigenvalue weighted by atomic mass is 16.5. The fourth-order valence-corrected chi connectivity index (χ4v) is 3.96. The summed E-state index contributed by atoms with van der Waals surface area (Å²) < 4.78 is 7.71. The molecule has 0 bridgehead atoms. The molecule has 0 atom stereocenters. The molecular formula is C23H27N5O2. The van der Waals surface area contributed by atoms with Crippen molar-refractivity contribution in [3.8, 4) is 17.4 Å². The second-order valence-electron chi connectivity index (χ2n) is 7.98. The molecule has 0 radical (unpaired) electrons. The van der Waals surface area contributed by atoms with E-state index in [1.807, 2.05) is 51.1 Å². The van der Waals surface area contributed by atoms with Gasteiger partial charge in [-0.05, 0) is 69.9 Å². The van der Waals surface area contributed by atoms with Crippen LogP contribution in [0.4, 0.5) is 5.69 Å². The Labute approximate surface area is 176 Å². The van der Waals surface area contributed by atoms with Gasteiger partial charge in [0.15, 0.2) is 5.82 Å². The van der Waals surface area contributed by atoms with Gasteiger partial charge in [0.05, 0.1) is 5.69 Å². The molecule has 7 heteroatoms. The number of anilines is 1. The SMILES string of the molecule is Cc1cc(C)n(-c2cc(Oc3ccc(NC(=O)CC4CCCC4)cc3)nc(C)n2)n1. The topological polar surface area (TPSA) is 81.9 Å². The Morgan fingerprint density at radius 2 is 1.83 bits per heavy atom. The number of carbonyl (C=O) groups is 1. The van der Waals surface area contributed by atoms with Crippen LogP contribution < -0.4 is 10.1 Å². The van der Waals surface area contributed by atoms with E-state index in [4.69, 9.17) is 4.74 Å². The minimum Gasteiger partial charge on any atom is -0.439 e. The number of aryl methyl sites for hydroxylation is 3. The van der Waals surface area contributed by atoms with Gasteiger partial charge in [0.25, 0.3) is 0 Å². The zero-order valence-corrected chi connectivity index (χ0v) is 17.7. The van der Waals surface area contributed by atoms with Gasteiger partial charge in [-0.2, -0.15) is 10.1 Å². The first-order chi connectivity index (χ1) is 14.5. The van der Waals surface area contributed by atoms with Crippen molar-refractivity contribution in [1.82, 2.24) is 19.7 Å². The number of ether oxygens (including phenoxy) is 1. The van der Waals surface area contributed by atoms with Crippen molar-refractivity contribution in [3.05, 3.63) is 53.6 Å². The van der Waals surface area contributed by atoms with Crippen molar-refractivity contribution >= 4 is 11.6 Å². The molecule has 2 aromatic heterocycles. The number of benzene rings is 1. The zero-order valence-electron chi connectivity index (χ0n) is 17.7. The standard InChI is InChI=1S/C23H27N5O2/c1-15-12-16(2)28(27-15)21-14-23(25-17(3)24-21)30-20-10-8-19(9-11-20)26-22(29)13-18-6-4-5-7-18/h8-12,14,18H,4-7,13H2,1-3H3,(H,26,29). The molecule has 1 amide bonds. The predicted molar refractivity (Wildman–Crippen MR) is 115 cm³/mol. The lowest BCUT2D eigenvalue weighted by atomic mass is 10.0. The first-order valence-corrected chi connectivity index (χ1v) is 10.4. The molecule has 0 saturated heterocycles. The van der Waals surface area contributed by atoms with Crippen LogP contribution in [0.25, 0.3) is 5.82 Å². The number of rotatable bonds is 6. The molecule has 1 aliphatic rings. The molecule has 30 heavy (non-hydrogen) atoms. The minimum atomic E-state index is 0.0801. The van der Waals surface area contributed by atoms with Crippen molar-refractivity contribution in [2.45, 2.75) is 52.9 Å². The highest BCUT2D eigenvalue weighted by molar-refractivity contribution is 5.90. The lowest BCUT2D eigenvalue weighted by Crippen LogP contribution is -2.14. The summed E-state index contributed by atoms with van der Waals surface area (Å²) in [6.07, 6.45) is 5.42. The van der Waals surface area contributed by atoms with Crippen molar-refractivity contribution in [2.24, 2.45) is 5.92 Å². The molecule has 7 nitrogen and oxygen atoms in total. The first-order valence-electron chi connectivity index (χ1n) is 10.4. The summed E-state index contributed by atoms with van der Waals surface area (Å²) in [5.41, 5.74) is 2.69. The summed E-state index contributed by atoms with van der Waals surface area (Å²) in [7, 11) is 0. The van der Waals surface area contributed by atoms with Gasteiger partial charge in [0.2, 0.25) is 11.8 Å². The van der Waals surface area contributed by atoms with Crippen LogP contribution in [-0.2, 0) is 4.79 Å². The van der Waals surface area contributed by atoms with Crippen LogP contribution in [0, 0.1) is 26.7 Å². The smallest absolute Gasteiger partial charge is 0.224 e. The van der Waals surface area contributed by atoms with E-state index in [9.17, 15) is 4.79 Å². The summed E-state index contributed by atoms with van der Waals surface area (Å²) in [5.74, 6) is 2.97. The van der Waals surface area contributed by atoms with Crippen LogP contribution in [-0.4, -0.2) is 25.7 Å². The van der Waals surface area contributed by atoms with E-state index < -0.39 is 0 Å². The molecular weight excluding hydrogens is 378 g/mol. The number of carbonyl (C=O) groups excluding carboxylic acids is 1. The number of hydrogen-bond donors (Lipinski definition) is 1. The molecule has 2 heterocycles. The summed E-state index contributed by atoms with van der Waals surface area (Å²) in [4.78, 5) is 21.1. The molecule has 0 spiro atoms. The van der Waals surface area contributed by atoms with Crippen LogP contribution in [0.2, 0.25) is 0 Å². The van der Waals surface area contributed by atoms with E-state index in [-0.39, 0.29) is 5.91 Å². The molecule has 4 rings (SSSR count). The number of amides is 1. The van der Waals surface area contributed by atoms with E-state index in [0.29, 0.717) is 35.6 Å². The number of nitrogens with zero attached hydrogens (tertiary/aromatic N) is 4. The lowest BCUT2D eigenvalue weighted by Gasteiger charge is -2.11. The van der Waals surface area contributed by atoms with Gasteiger partial charge in [0, 0.05) is 23.9 Å². The Kier molecular flexibility index (Phi) is 5.79. The van der Waals surface area contributed by atoms with Gasteiger partial charge < -0.3 is 10.1 Å². The molecule has 0 unspecified atom stereocenters. The van der Waals surface area contributed by atoms with Gasteiger partial charge >= 0.3 is 0 Å². The molecule has 1 aromatic carbocycles. The Morgan fingerprint density at radius 3 is 2.50 bits per heavy atom. The van der Waals surface area contributed by atoms with Crippen LogP contribution in [0.15, 0.2) is 36.4 Å². The van der Waals surface area contributed by atoms with Gasteiger partial charge in [0.1, 0.15) is 11.6 Å². The van der Waals surface area contributed by atoms with E-state index >= 15 is 0 Å². The quantitative estimate of drug-likeness (QED) is 0.631. The second-order valence-corrected chi connectivity index (χ2v) is 7.98. The number of nitrogens with one attached hydrogen (secondary N) is 1. The maximum absolute atomic E-state index is 12.2. The predicted octanol–water partition coefficient (Wildman–Crippen LogP) is 4.90. The fraction of sp³-hybridized carbons (Fsp3) is 0.391. The third-order valence-electron chi connectivity index (χ3n) is 5.34. The molecule has 1 saturated carbocycles. The first kappa shape index (κ1) is 20.1. The maximum atomic E-state index is 12.2. The fourth-order valence-electron chi connectivity index (χ4n) is 3.96. The molecule has 3 aromatic rings. The summed E-state index contributed by atoms with van der Waals surface area (Å²) in [6, 6.07) is 11.1. The van der Waals surface area contributed by atoms with Crippen LogP contribution in [0.3, 0.4) is 0 Å². The Morgan fingerprint density at radius 1 is 1.10 bits per heavy atom. The number of hydrogen-bond acceptors (Lipinski definition) is 5.